The van der Waals surface area contributed by atoms with Crippen LogP contribution < -0.4 is 10.6 Å². The lowest BCUT2D eigenvalue weighted by Crippen LogP contribution is -2.24. The van der Waals surface area contributed by atoms with Gasteiger partial charge in [0.25, 0.3) is 5.91 Å². The summed E-state index contributed by atoms with van der Waals surface area (Å²) < 4.78 is 13.9. The standard InChI is InChI=1S/C15H13BrFN3O2/c1-9(21)20-11-4-2-3-10(5-11)7-19-15(22)12-6-14(16)18-8-13(12)17/h2-6,8H,7H2,1H3,(H,19,22)(H,20,21). The van der Waals surface area contributed by atoms with Crippen molar-refractivity contribution in [3.05, 3.63) is 58.1 Å². The van der Waals surface area contributed by atoms with Gasteiger partial charge in [-0.25, -0.2) is 9.37 Å². The van der Waals surface area contributed by atoms with Crippen molar-refractivity contribution in [1.82, 2.24) is 10.3 Å². The highest BCUT2D eigenvalue weighted by molar-refractivity contribution is 9.10. The summed E-state index contributed by atoms with van der Waals surface area (Å²) in [5.41, 5.74) is 1.34. The molecule has 0 spiro atoms. The summed E-state index contributed by atoms with van der Waals surface area (Å²) >= 11 is 3.10. The normalized spacial score (nSPS) is 10.1. The summed E-state index contributed by atoms with van der Waals surface area (Å²) in [6.45, 7) is 1.63. The maximum absolute atomic E-state index is 13.6. The molecule has 0 aliphatic heterocycles. The molecular weight excluding hydrogens is 353 g/mol. The number of amides is 2. The molecule has 5 nitrogen and oxygen atoms in total. The van der Waals surface area contributed by atoms with Gasteiger partial charge in [-0.1, -0.05) is 12.1 Å². The lowest BCUT2D eigenvalue weighted by molar-refractivity contribution is -0.114. The Bertz CT molecular complexity index is 722. The number of nitrogens with one attached hydrogen (secondary N) is 2. The van der Waals surface area contributed by atoms with Crippen molar-refractivity contribution in [2.45, 2.75) is 13.5 Å². The highest BCUT2D eigenvalue weighted by atomic mass is 79.9. The quantitative estimate of drug-likeness (QED) is 0.818. The molecule has 22 heavy (non-hydrogen) atoms. The fourth-order valence-electron chi connectivity index (χ4n) is 1.83. The highest BCUT2D eigenvalue weighted by Gasteiger charge is 2.12. The number of carbonyl (C=O) groups is 2. The second-order valence-corrected chi connectivity index (χ2v) is 5.36. The molecule has 0 unspecified atom stereocenters. The maximum Gasteiger partial charge on any atom is 0.254 e. The molecule has 1 aromatic heterocycles. The molecule has 0 saturated heterocycles. The second kappa shape index (κ2) is 7.13. The van der Waals surface area contributed by atoms with Gasteiger partial charge < -0.3 is 10.6 Å². The van der Waals surface area contributed by atoms with Crippen LogP contribution in [0.25, 0.3) is 0 Å². The van der Waals surface area contributed by atoms with E-state index >= 15 is 0 Å². The smallest absolute Gasteiger partial charge is 0.254 e. The third-order valence-electron chi connectivity index (χ3n) is 2.77. The third kappa shape index (κ3) is 4.36. The number of halogens is 2. The summed E-state index contributed by atoms with van der Waals surface area (Å²) in [6.07, 6.45) is 0.983. The number of hydrogen-bond acceptors (Lipinski definition) is 3. The number of pyridine rings is 1. The zero-order valence-corrected chi connectivity index (χ0v) is 13.3. The molecule has 2 amide bonds. The van der Waals surface area contributed by atoms with E-state index in [9.17, 15) is 14.0 Å². The number of carbonyl (C=O) groups excluding carboxylic acids is 2. The Balaban J connectivity index is 2.05. The van der Waals surface area contributed by atoms with Gasteiger partial charge in [-0.3, -0.25) is 9.59 Å². The first kappa shape index (κ1) is 16.1. The van der Waals surface area contributed by atoms with E-state index in [1.165, 1.54) is 13.0 Å². The predicted octanol–water partition coefficient (Wildman–Crippen LogP) is 2.87. The minimum absolute atomic E-state index is 0.0834. The Kier molecular flexibility index (Phi) is 5.21. The fourth-order valence-corrected chi connectivity index (χ4v) is 2.16. The van der Waals surface area contributed by atoms with Crippen LogP contribution in [-0.2, 0) is 11.3 Å². The van der Waals surface area contributed by atoms with Gasteiger partial charge in [0.1, 0.15) is 4.60 Å². The molecule has 1 aromatic carbocycles. The molecule has 1 heterocycles. The van der Waals surface area contributed by atoms with E-state index < -0.39 is 11.7 Å². The molecule has 7 heteroatoms. The molecule has 0 atom stereocenters. The van der Waals surface area contributed by atoms with Crippen LogP contribution in [0.5, 0.6) is 0 Å². The summed E-state index contributed by atoms with van der Waals surface area (Å²) in [5.74, 6) is -1.40. The van der Waals surface area contributed by atoms with Gasteiger partial charge >= 0.3 is 0 Å². The summed E-state index contributed by atoms with van der Waals surface area (Å²) in [6, 6.07) is 8.35. The molecule has 2 rings (SSSR count). The van der Waals surface area contributed by atoms with Gasteiger partial charge in [-0.15, -0.1) is 0 Å². The average Bonchev–Trinajstić information content (AvgIpc) is 2.47. The predicted molar refractivity (Wildman–Crippen MR) is 83.8 cm³/mol. The van der Waals surface area contributed by atoms with E-state index in [2.05, 4.69) is 31.5 Å². The molecule has 0 fully saturated rings. The molecular formula is C15H13BrFN3O2. The summed E-state index contributed by atoms with van der Waals surface area (Å²) in [4.78, 5) is 26.7. The molecule has 0 aliphatic rings. The van der Waals surface area contributed by atoms with E-state index in [0.29, 0.717) is 10.3 Å². The van der Waals surface area contributed by atoms with Crippen LogP contribution in [0.3, 0.4) is 0 Å². The van der Waals surface area contributed by atoms with Crippen molar-refractivity contribution < 1.29 is 14.0 Å². The molecule has 0 radical (unpaired) electrons. The Hall–Kier alpha value is -2.28. The Morgan fingerprint density at radius 3 is 2.82 bits per heavy atom. The fraction of sp³-hybridized carbons (Fsp3) is 0.133. The topological polar surface area (TPSA) is 71.1 Å². The minimum Gasteiger partial charge on any atom is -0.348 e. The van der Waals surface area contributed by atoms with Crippen molar-refractivity contribution >= 4 is 33.4 Å². The van der Waals surface area contributed by atoms with E-state index in [4.69, 9.17) is 0 Å². The van der Waals surface area contributed by atoms with Crippen LogP contribution >= 0.6 is 15.9 Å². The van der Waals surface area contributed by atoms with Crippen molar-refractivity contribution in [2.24, 2.45) is 0 Å². The highest BCUT2D eigenvalue weighted by Crippen LogP contribution is 2.13. The number of anilines is 1. The van der Waals surface area contributed by atoms with Crippen LogP contribution in [0.1, 0.15) is 22.8 Å². The molecule has 0 bridgehead atoms. The monoisotopic (exact) mass is 365 g/mol. The SMILES string of the molecule is CC(=O)Nc1cccc(CNC(=O)c2cc(Br)ncc2F)c1. The van der Waals surface area contributed by atoms with Gasteiger partial charge in [0.2, 0.25) is 5.91 Å². The zero-order valence-electron chi connectivity index (χ0n) is 11.7. The lowest BCUT2D eigenvalue weighted by Gasteiger charge is -2.08. The van der Waals surface area contributed by atoms with Gasteiger partial charge in [0.05, 0.1) is 11.8 Å². The van der Waals surface area contributed by atoms with Crippen molar-refractivity contribution in [1.29, 1.82) is 0 Å². The largest absolute Gasteiger partial charge is 0.348 e. The van der Waals surface area contributed by atoms with E-state index in [0.717, 1.165) is 11.8 Å². The first-order valence-corrected chi connectivity index (χ1v) is 7.21. The summed E-state index contributed by atoms with van der Waals surface area (Å²) in [5, 5.41) is 5.28. The van der Waals surface area contributed by atoms with E-state index in [1.807, 2.05) is 0 Å². The van der Waals surface area contributed by atoms with E-state index in [-0.39, 0.29) is 18.0 Å². The van der Waals surface area contributed by atoms with Gasteiger partial charge in [0.15, 0.2) is 5.82 Å². The second-order valence-electron chi connectivity index (χ2n) is 4.55. The number of benzene rings is 1. The lowest BCUT2D eigenvalue weighted by atomic mass is 10.2. The Labute approximate surface area is 135 Å². The van der Waals surface area contributed by atoms with Crippen molar-refractivity contribution in [3.63, 3.8) is 0 Å². The zero-order chi connectivity index (χ0) is 16.1. The van der Waals surface area contributed by atoms with Crippen LogP contribution in [-0.4, -0.2) is 16.8 Å². The Morgan fingerprint density at radius 2 is 2.09 bits per heavy atom. The van der Waals surface area contributed by atoms with Crippen molar-refractivity contribution in [2.75, 3.05) is 5.32 Å². The third-order valence-corrected chi connectivity index (χ3v) is 3.20. The first-order chi connectivity index (χ1) is 10.5. The van der Waals surface area contributed by atoms with Gasteiger partial charge in [-0.05, 0) is 39.7 Å². The van der Waals surface area contributed by atoms with Crippen LogP contribution in [0, 0.1) is 5.82 Å². The Morgan fingerprint density at radius 1 is 1.32 bits per heavy atom. The van der Waals surface area contributed by atoms with Crippen molar-refractivity contribution in [3.8, 4) is 0 Å². The average molecular weight is 366 g/mol. The molecule has 0 aliphatic carbocycles. The molecule has 2 N–H and O–H groups in total. The number of aromatic nitrogens is 1. The van der Waals surface area contributed by atoms with Gasteiger partial charge in [-0.2, -0.15) is 0 Å². The molecule has 0 saturated carbocycles. The minimum atomic E-state index is -0.687. The number of rotatable bonds is 4. The summed E-state index contributed by atoms with van der Waals surface area (Å²) in [7, 11) is 0. The van der Waals surface area contributed by atoms with E-state index in [1.54, 1.807) is 24.3 Å². The first-order valence-electron chi connectivity index (χ1n) is 6.41. The molecule has 114 valence electrons. The number of nitrogens with zero attached hydrogens (tertiary/aromatic N) is 1. The number of hydrogen-bond donors (Lipinski definition) is 2. The molecule has 2 aromatic rings. The van der Waals surface area contributed by atoms with Crippen LogP contribution in [0.4, 0.5) is 10.1 Å². The van der Waals surface area contributed by atoms with Gasteiger partial charge in [0, 0.05) is 19.2 Å². The van der Waals surface area contributed by atoms with Crippen LogP contribution in [0.15, 0.2) is 41.1 Å². The van der Waals surface area contributed by atoms with Crippen LogP contribution in [0.2, 0.25) is 0 Å². The maximum atomic E-state index is 13.6.